The van der Waals surface area contributed by atoms with Crippen molar-refractivity contribution in [3.8, 4) is 28.3 Å². The van der Waals surface area contributed by atoms with Crippen LogP contribution in [-0.4, -0.2) is 37.4 Å². The molecule has 1 aromatic heterocycles. The SMILES string of the molecule is Cc1cc(-c2ccc(C(C)(C)C)cc2)cc(S(=O)(=O)Nc2nc(OC[C@@H](CC(C)C)NC=O)cc(-c3c(C)cccc3C)n2)c1. The summed E-state index contributed by atoms with van der Waals surface area (Å²) in [7, 11) is -4.08. The Morgan fingerprint density at radius 3 is 2.16 bits per heavy atom. The first kappa shape index (κ1) is 33.6. The molecule has 0 aliphatic carbocycles. The Labute approximate surface area is 267 Å². The minimum atomic E-state index is -4.08. The van der Waals surface area contributed by atoms with Crippen molar-refractivity contribution in [1.29, 1.82) is 0 Å². The Morgan fingerprint density at radius 2 is 1.56 bits per heavy atom. The summed E-state index contributed by atoms with van der Waals surface area (Å²) in [5.41, 5.74) is 7.09. The maximum Gasteiger partial charge on any atom is 0.264 e. The fraction of sp³-hybridized carbons (Fsp3) is 0.361. The van der Waals surface area contributed by atoms with Gasteiger partial charge in [-0.25, -0.2) is 18.1 Å². The number of hydrogen-bond donors (Lipinski definition) is 2. The van der Waals surface area contributed by atoms with Gasteiger partial charge >= 0.3 is 0 Å². The number of sulfonamides is 1. The van der Waals surface area contributed by atoms with Crippen LogP contribution < -0.4 is 14.8 Å². The number of ether oxygens (including phenoxy) is 1. The van der Waals surface area contributed by atoms with Gasteiger partial charge in [-0.3, -0.25) is 4.79 Å². The van der Waals surface area contributed by atoms with Gasteiger partial charge < -0.3 is 10.1 Å². The van der Waals surface area contributed by atoms with E-state index in [0.717, 1.165) is 33.4 Å². The van der Waals surface area contributed by atoms with Crippen LogP contribution in [0.1, 0.15) is 63.3 Å². The summed E-state index contributed by atoms with van der Waals surface area (Å²) in [5.74, 6) is 0.428. The van der Waals surface area contributed by atoms with Crippen LogP contribution in [-0.2, 0) is 20.2 Å². The van der Waals surface area contributed by atoms with E-state index in [9.17, 15) is 13.2 Å². The van der Waals surface area contributed by atoms with Crippen molar-refractivity contribution >= 4 is 22.4 Å². The number of aromatic nitrogens is 2. The highest BCUT2D eigenvalue weighted by Crippen LogP contribution is 2.31. The molecule has 8 nitrogen and oxygen atoms in total. The molecular formula is C36H44N4O4S. The molecule has 9 heteroatoms. The Morgan fingerprint density at radius 1 is 0.889 bits per heavy atom. The Hall–Kier alpha value is -4.24. The molecule has 0 aliphatic rings. The number of carbonyl (C=O) groups excluding carboxylic acids is 1. The van der Waals surface area contributed by atoms with Gasteiger partial charge in [0.25, 0.3) is 10.0 Å². The second-order valence-electron chi connectivity index (χ2n) is 13.1. The topological polar surface area (TPSA) is 110 Å². The highest BCUT2D eigenvalue weighted by atomic mass is 32.2. The van der Waals surface area contributed by atoms with Crippen molar-refractivity contribution in [2.45, 2.75) is 78.2 Å². The average Bonchev–Trinajstić information content (AvgIpc) is 2.95. The quantitative estimate of drug-likeness (QED) is 0.159. The molecule has 45 heavy (non-hydrogen) atoms. The van der Waals surface area contributed by atoms with Crippen molar-refractivity contribution in [2.75, 3.05) is 11.3 Å². The van der Waals surface area contributed by atoms with Crippen molar-refractivity contribution in [3.63, 3.8) is 0 Å². The van der Waals surface area contributed by atoms with E-state index in [4.69, 9.17) is 4.74 Å². The molecule has 4 aromatic rings. The van der Waals surface area contributed by atoms with Gasteiger partial charge in [-0.15, -0.1) is 0 Å². The summed E-state index contributed by atoms with van der Waals surface area (Å²) in [4.78, 5) is 20.4. The van der Waals surface area contributed by atoms with Gasteiger partial charge in [-0.2, -0.15) is 4.98 Å². The summed E-state index contributed by atoms with van der Waals surface area (Å²) in [6, 6.07) is 20.8. The van der Waals surface area contributed by atoms with Crippen LogP contribution in [0.3, 0.4) is 0 Å². The van der Waals surface area contributed by atoms with Crippen LogP contribution >= 0.6 is 0 Å². The third-order valence-electron chi connectivity index (χ3n) is 7.60. The Kier molecular flexibility index (Phi) is 10.3. The molecule has 0 aliphatic heterocycles. The molecule has 0 radical (unpaired) electrons. The number of hydrogen-bond acceptors (Lipinski definition) is 6. The van der Waals surface area contributed by atoms with Crippen LogP contribution in [0.15, 0.2) is 71.6 Å². The van der Waals surface area contributed by atoms with E-state index < -0.39 is 10.0 Å². The lowest BCUT2D eigenvalue weighted by Crippen LogP contribution is -2.35. The standard InChI is InChI=1S/C36H44N4O4S/c1-23(2)16-30(37-22-41)21-44-33-20-32(34-25(4)10-9-11-26(34)5)38-35(39-33)40-45(42,43)31-18-24(3)17-28(19-31)27-12-14-29(15-13-27)36(6,7)8/h9-15,17-20,22-23,30H,16,21H2,1-8H3,(H,37,41)(H,38,39,40)/t30-/m1/s1. The van der Waals surface area contributed by atoms with E-state index in [1.807, 2.05) is 57.2 Å². The monoisotopic (exact) mass is 628 g/mol. The predicted molar refractivity (Wildman–Crippen MR) is 181 cm³/mol. The highest BCUT2D eigenvalue weighted by molar-refractivity contribution is 7.92. The molecule has 1 amide bonds. The zero-order chi connectivity index (χ0) is 32.9. The van der Waals surface area contributed by atoms with Crippen LogP contribution in [0.4, 0.5) is 5.95 Å². The smallest absolute Gasteiger partial charge is 0.264 e. The molecule has 0 saturated heterocycles. The van der Waals surface area contributed by atoms with Gasteiger partial charge in [0.15, 0.2) is 0 Å². The van der Waals surface area contributed by atoms with Crippen LogP contribution in [0.5, 0.6) is 5.88 Å². The maximum atomic E-state index is 13.8. The first-order valence-electron chi connectivity index (χ1n) is 15.2. The fourth-order valence-corrected chi connectivity index (χ4v) is 6.41. The molecule has 2 N–H and O–H groups in total. The molecule has 1 atom stereocenters. The van der Waals surface area contributed by atoms with Crippen LogP contribution in [0.2, 0.25) is 0 Å². The van der Waals surface area contributed by atoms with E-state index in [1.165, 1.54) is 5.56 Å². The van der Waals surface area contributed by atoms with E-state index in [1.54, 1.807) is 18.2 Å². The second-order valence-corrected chi connectivity index (χ2v) is 14.8. The lowest BCUT2D eigenvalue weighted by atomic mass is 9.86. The summed E-state index contributed by atoms with van der Waals surface area (Å²) < 4.78 is 36.3. The van der Waals surface area contributed by atoms with Crippen molar-refractivity contribution in [3.05, 3.63) is 89.0 Å². The van der Waals surface area contributed by atoms with E-state index in [2.05, 4.69) is 66.8 Å². The molecule has 0 bridgehead atoms. The van der Waals surface area contributed by atoms with Crippen molar-refractivity contribution in [2.24, 2.45) is 5.92 Å². The van der Waals surface area contributed by atoms with E-state index in [0.29, 0.717) is 24.4 Å². The maximum absolute atomic E-state index is 13.8. The number of nitrogens with zero attached hydrogens (tertiary/aromatic N) is 2. The van der Waals surface area contributed by atoms with Crippen LogP contribution in [0, 0.1) is 26.7 Å². The number of amides is 1. The summed E-state index contributed by atoms with van der Waals surface area (Å²) in [5, 5.41) is 2.80. The second kappa shape index (κ2) is 13.8. The Bertz CT molecular complexity index is 1740. The number of rotatable bonds is 12. The summed E-state index contributed by atoms with van der Waals surface area (Å²) in [6.45, 7) is 16.6. The molecule has 3 aromatic carbocycles. The molecule has 0 saturated carbocycles. The normalized spacial score (nSPS) is 12.6. The predicted octanol–water partition coefficient (Wildman–Crippen LogP) is 7.37. The number of anilines is 1. The number of carbonyl (C=O) groups is 1. The molecule has 0 fully saturated rings. The summed E-state index contributed by atoms with van der Waals surface area (Å²) in [6.07, 6.45) is 1.37. The third kappa shape index (κ3) is 8.69. The first-order chi connectivity index (χ1) is 21.2. The van der Waals surface area contributed by atoms with Gasteiger partial charge in [0.2, 0.25) is 18.2 Å². The van der Waals surface area contributed by atoms with Gasteiger partial charge in [-0.05, 0) is 84.0 Å². The molecule has 0 spiro atoms. The van der Waals surface area contributed by atoms with Crippen molar-refractivity contribution < 1.29 is 17.9 Å². The molecule has 4 rings (SSSR count). The van der Waals surface area contributed by atoms with E-state index in [-0.39, 0.29) is 34.8 Å². The van der Waals surface area contributed by atoms with Gasteiger partial charge in [-0.1, -0.05) is 83.1 Å². The first-order valence-corrected chi connectivity index (χ1v) is 16.7. The zero-order valence-electron chi connectivity index (χ0n) is 27.4. The number of benzene rings is 3. The lowest BCUT2D eigenvalue weighted by molar-refractivity contribution is -0.110. The lowest BCUT2D eigenvalue weighted by Gasteiger charge is -2.19. The molecule has 238 valence electrons. The molecule has 0 unspecified atom stereocenters. The fourth-order valence-electron chi connectivity index (χ4n) is 5.34. The van der Waals surface area contributed by atoms with E-state index >= 15 is 0 Å². The average molecular weight is 629 g/mol. The highest BCUT2D eigenvalue weighted by Gasteiger charge is 2.21. The van der Waals surface area contributed by atoms with Gasteiger partial charge in [0.05, 0.1) is 16.6 Å². The van der Waals surface area contributed by atoms with Gasteiger partial charge in [0, 0.05) is 11.6 Å². The number of aryl methyl sites for hydroxylation is 3. The van der Waals surface area contributed by atoms with Crippen molar-refractivity contribution in [1.82, 2.24) is 15.3 Å². The largest absolute Gasteiger partial charge is 0.475 e. The number of nitrogens with one attached hydrogen (secondary N) is 2. The minimum absolute atomic E-state index is 0.0117. The van der Waals surface area contributed by atoms with Crippen LogP contribution in [0.25, 0.3) is 22.4 Å². The third-order valence-corrected chi connectivity index (χ3v) is 8.91. The Balaban J connectivity index is 1.71. The molecular weight excluding hydrogens is 584 g/mol. The zero-order valence-corrected chi connectivity index (χ0v) is 28.2. The summed E-state index contributed by atoms with van der Waals surface area (Å²) >= 11 is 0. The van der Waals surface area contributed by atoms with Gasteiger partial charge in [0.1, 0.15) is 6.61 Å². The molecule has 1 heterocycles. The minimum Gasteiger partial charge on any atom is -0.475 e.